The molecule has 5 nitrogen and oxygen atoms in total. The number of carbonyl (C=O) groups is 2. The Morgan fingerprint density at radius 1 is 1.21 bits per heavy atom. The van der Waals surface area contributed by atoms with E-state index >= 15 is 0 Å². The lowest BCUT2D eigenvalue weighted by molar-refractivity contribution is -0.120. The van der Waals surface area contributed by atoms with Crippen molar-refractivity contribution in [2.45, 2.75) is 30.9 Å². The standard InChI is InChI=1S/C22H26N2O3S/c1-27-19-9-5-3-7-17(19)12-14-23-21(25)13-15-28-20-11-10-16-6-2-4-8-18(16)24-22(20)26/h2-9,20H,10-15H2,1H3,(H,23,25)(H,24,26). The van der Waals surface area contributed by atoms with Crippen LogP contribution in [0.25, 0.3) is 0 Å². The number of rotatable bonds is 8. The van der Waals surface area contributed by atoms with Crippen LogP contribution in [0.15, 0.2) is 48.5 Å². The highest BCUT2D eigenvalue weighted by molar-refractivity contribution is 8.00. The number of benzene rings is 2. The van der Waals surface area contributed by atoms with Crippen molar-refractivity contribution in [1.82, 2.24) is 5.32 Å². The molecule has 1 atom stereocenters. The molecule has 0 aromatic heterocycles. The molecule has 1 unspecified atom stereocenters. The second-order valence-corrected chi connectivity index (χ2v) is 8.02. The fourth-order valence-electron chi connectivity index (χ4n) is 3.28. The number of carbonyl (C=O) groups excluding carboxylic acids is 2. The predicted octanol–water partition coefficient (Wildman–Crippen LogP) is 3.43. The quantitative estimate of drug-likeness (QED) is 0.715. The maximum atomic E-state index is 12.4. The van der Waals surface area contributed by atoms with Crippen molar-refractivity contribution in [3.8, 4) is 5.75 Å². The summed E-state index contributed by atoms with van der Waals surface area (Å²) in [7, 11) is 1.65. The number of anilines is 1. The summed E-state index contributed by atoms with van der Waals surface area (Å²) >= 11 is 1.56. The zero-order valence-electron chi connectivity index (χ0n) is 16.1. The Kier molecular flexibility index (Phi) is 7.37. The average molecular weight is 399 g/mol. The van der Waals surface area contributed by atoms with Gasteiger partial charge in [0.25, 0.3) is 0 Å². The van der Waals surface area contributed by atoms with Crippen LogP contribution < -0.4 is 15.4 Å². The lowest BCUT2D eigenvalue weighted by Gasteiger charge is -2.13. The Morgan fingerprint density at radius 3 is 2.86 bits per heavy atom. The fourth-order valence-corrected chi connectivity index (χ4v) is 4.36. The first kappa shape index (κ1) is 20.3. The number of thioether (sulfide) groups is 1. The molecule has 148 valence electrons. The lowest BCUT2D eigenvalue weighted by atomic mass is 10.1. The average Bonchev–Trinajstić information content (AvgIpc) is 2.87. The third-order valence-corrected chi connectivity index (χ3v) is 6.09. The van der Waals surface area contributed by atoms with Crippen LogP contribution in [-0.2, 0) is 22.4 Å². The van der Waals surface area contributed by atoms with Gasteiger partial charge < -0.3 is 15.4 Å². The molecule has 2 amide bonds. The van der Waals surface area contributed by atoms with E-state index < -0.39 is 0 Å². The van der Waals surface area contributed by atoms with Crippen molar-refractivity contribution in [2.24, 2.45) is 0 Å². The van der Waals surface area contributed by atoms with E-state index in [1.165, 1.54) is 5.56 Å². The molecule has 0 aliphatic carbocycles. The fraction of sp³-hybridized carbons (Fsp3) is 0.364. The van der Waals surface area contributed by atoms with Gasteiger partial charge in [-0.3, -0.25) is 9.59 Å². The molecule has 0 radical (unpaired) electrons. The van der Waals surface area contributed by atoms with E-state index in [0.29, 0.717) is 18.7 Å². The van der Waals surface area contributed by atoms with Crippen LogP contribution >= 0.6 is 11.8 Å². The zero-order chi connectivity index (χ0) is 19.8. The van der Waals surface area contributed by atoms with E-state index in [9.17, 15) is 9.59 Å². The first-order valence-corrected chi connectivity index (χ1v) is 10.6. The molecular weight excluding hydrogens is 372 g/mol. The van der Waals surface area contributed by atoms with E-state index in [2.05, 4.69) is 16.7 Å². The van der Waals surface area contributed by atoms with E-state index in [-0.39, 0.29) is 17.1 Å². The second-order valence-electron chi connectivity index (χ2n) is 6.71. The Balaban J connectivity index is 1.38. The minimum absolute atomic E-state index is 0.0136. The first-order valence-electron chi connectivity index (χ1n) is 9.56. The molecule has 2 aromatic rings. The highest BCUT2D eigenvalue weighted by atomic mass is 32.2. The van der Waals surface area contributed by atoms with Gasteiger partial charge in [0.2, 0.25) is 11.8 Å². The van der Waals surface area contributed by atoms with Crippen LogP contribution in [0.1, 0.15) is 24.0 Å². The number of nitrogens with one attached hydrogen (secondary N) is 2. The maximum Gasteiger partial charge on any atom is 0.237 e. The SMILES string of the molecule is COc1ccccc1CCNC(=O)CCSC1CCc2ccccc2NC1=O. The second kappa shape index (κ2) is 10.2. The molecular formula is C22H26N2O3S. The van der Waals surface area contributed by atoms with Gasteiger partial charge in [0.15, 0.2) is 0 Å². The minimum Gasteiger partial charge on any atom is -0.496 e. The summed E-state index contributed by atoms with van der Waals surface area (Å²) in [4.78, 5) is 24.5. The molecule has 1 aliphatic heterocycles. The van der Waals surface area contributed by atoms with Gasteiger partial charge in [-0.05, 0) is 42.5 Å². The highest BCUT2D eigenvalue weighted by Crippen LogP contribution is 2.27. The summed E-state index contributed by atoms with van der Waals surface area (Å²) in [5.41, 5.74) is 3.16. The molecule has 0 saturated carbocycles. The zero-order valence-corrected chi connectivity index (χ0v) is 16.9. The molecule has 6 heteroatoms. The normalized spacial score (nSPS) is 15.9. The van der Waals surface area contributed by atoms with Crippen LogP contribution in [0.5, 0.6) is 5.75 Å². The van der Waals surface area contributed by atoms with Crippen molar-refractivity contribution in [1.29, 1.82) is 0 Å². The molecule has 28 heavy (non-hydrogen) atoms. The van der Waals surface area contributed by atoms with Crippen LogP contribution in [0.3, 0.4) is 0 Å². The van der Waals surface area contributed by atoms with Crippen molar-refractivity contribution in [3.63, 3.8) is 0 Å². The Labute approximate surface area is 170 Å². The van der Waals surface area contributed by atoms with E-state index in [0.717, 1.165) is 36.3 Å². The van der Waals surface area contributed by atoms with Crippen LogP contribution in [0.2, 0.25) is 0 Å². The van der Waals surface area contributed by atoms with Crippen molar-refractivity contribution in [2.75, 3.05) is 24.7 Å². The van der Waals surface area contributed by atoms with Crippen LogP contribution in [-0.4, -0.2) is 36.5 Å². The Morgan fingerprint density at radius 2 is 2.00 bits per heavy atom. The summed E-state index contributed by atoms with van der Waals surface area (Å²) in [6, 6.07) is 15.7. The van der Waals surface area contributed by atoms with Crippen LogP contribution in [0, 0.1) is 0 Å². The number of methoxy groups -OCH3 is 1. The summed E-state index contributed by atoms with van der Waals surface area (Å²) in [6.45, 7) is 0.573. The summed E-state index contributed by atoms with van der Waals surface area (Å²) in [6.07, 6.45) is 2.81. The molecule has 2 N–H and O–H groups in total. The molecule has 0 spiro atoms. The van der Waals surface area contributed by atoms with E-state index in [1.807, 2.05) is 42.5 Å². The largest absolute Gasteiger partial charge is 0.496 e. The first-order chi connectivity index (χ1) is 13.7. The lowest BCUT2D eigenvalue weighted by Crippen LogP contribution is -2.27. The van der Waals surface area contributed by atoms with E-state index in [4.69, 9.17) is 4.74 Å². The Hall–Kier alpha value is -2.47. The summed E-state index contributed by atoms with van der Waals surface area (Å²) < 4.78 is 5.32. The Bertz CT molecular complexity index is 825. The third kappa shape index (κ3) is 5.52. The molecule has 3 rings (SSSR count). The molecule has 0 fully saturated rings. The van der Waals surface area contributed by atoms with Gasteiger partial charge in [-0.1, -0.05) is 36.4 Å². The highest BCUT2D eigenvalue weighted by Gasteiger charge is 2.23. The number of amides is 2. The van der Waals surface area contributed by atoms with Gasteiger partial charge in [-0.25, -0.2) is 0 Å². The van der Waals surface area contributed by atoms with Crippen molar-refractivity contribution in [3.05, 3.63) is 59.7 Å². The number of hydrogen-bond acceptors (Lipinski definition) is 4. The number of ether oxygens (including phenoxy) is 1. The van der Waals surface area contributed by atoms with Gasteiger partial charge in [0.05, 0.1) is 12.4 Å². The molecule has 1 heterocycles. The molecule has 0 saturated heterocycles. The molecule has 2 aromatic carbocycles. The minimum atomic E-state index is -0.117. The van der Waals surface area contributed by atoms with Crippen molar-refractivity contribution < 1.29 is 14.3 Å². The number of para-hydroxylation sites is 2. The van der Waals surface area contributed by atoms with Gasteiger partial charge in [-0.15, -0.1) is 11.8 Å². The topological polar surface area (TPSA) is 67.4 Å². The molecule has 0 bridgehead atoms. The van der Waals surface area contributed by atoms with Crippen LogP contribution in [0.4, 0.5) is 5.69 Å². The van der Waals surface area contributed by atoms with E-state index in [1.54, 1.807) is 18.9 Å². The summed E-state index contributed by atoms with van der Waals surface area (Å²) in [5.74, 6) is 1.52. The number of fused-ring (bicyclic) bond motifs is 1. The smallest absolute Gasteiger partial charge is 0.237 e. The maximum absolute atomic E-state index is 12.4. The van der Waals surface area contributed by atoms with Gasteiger partial charge >= 0.3 is 0 Å². The molecule has 1 aliphatic rings. The summed E-state index contributed by atoms with van der Waals surface area (Å²) in [5, 5.41) is 5.83. The predicted molar refractivity (Wildman–Crippen MR) is 114 cm³/mol. The van der Waals surface area contributed by atoms with Gasteiger partial charge in [-0.2, -0.15) is 0 Å². The monoisotopic (exact) mass is 398 g/mol. The number of aryl methyl sites for hydroxylation is 1. The van der Waals surface area contributed by atoms with Gasteiger partial charge in [0.1, 0.15) is 5.75 Å². The van der Waals surface area contributed by atoms with Gasteiger partial charge in [0, 0.05) is 24.4 Å². The van der Waals surface area contributed by atoms with Crippen molar-refractivity contribution >= 4 is 29.3 Å². The number of hydrogen-bond donors (Lipinski definition) is 2. The third-order valence-electron chi connectivity index (χ3n) is 4.80.